The molecule has 0 aromatic carbocycles. The first-order chi connectivity index (χ1) is 9.41. The second kappa shape index (κ2) is 5.79. The van der Waals surface area contributed by atoms with Gasteiger partial charge >= 0.3 is 0 Å². The summed E-state index contributed by atoms with van der Waals surface area (Å²) in [6.07, 6.45) is 2.99. The Morgan fingerprint density at radius 3 is 2.60 bits per heavy atom. The number of H-pyrrole nitrogens is 1. The molecule has 2 N–H and O–H groups in total. The number of carbonyl (C=O) groups excluding carboxylic acids is 1. The lowest BCUT2D eigenvalue weighted by atomic mass is 9.91. The van der Waals surface area contributed by atoms with Crippen molar-refractivity contribution in [3.05, 3.63) is 33.2 Å². The summed E-state index contributed by atoms with van der Waals surface area (Å²) in [4.78, 5) is 28.7. The van der Waals surface area contributed by atoms with Crippen LogP contribution < -0.4 is 5.56 Å². The van der Waals surface area contributed by atoms with E-state index in [4.69, 9.17) is 0 Å². The summed E-state index contributed by atoms with van der Waals surface area (Å²) in [5.41, 5.74) is 1.23. The first kappa shape index (κ1) is 14.8. The maximum absolute atomic E-state index is 12.5. The third-order valence-corrected chi connectivity index (χ3v) is 4.09. The fraction of sp³-hybridized carbons (Fsp3) is 0.600. The highest BCUT2D eigenvalue weighted by Gasteiger charge is 2.31. The van der Waals surface area contributed by atoms with Crippen molar-refractivity contribution >= 4 is 5.91 Å². The van der Waals surface area contributed by atoms with E-state index in [9.17, 15) is 14.7 Å². The van der Waals surface area contributed by atoms with Crippen molar-refractivity contribution in [3.63, 3.8) is 0 Å². The minimum Gasteiger partial charge on any atom is -0.391 e. The van der Waals surface area contributed by atoms with Gasteiger partial charge in [-0.05, 0) is 38.3 Å². The molecule has 5 nitrogen and oxygen atoms in total. The van der Waals surface area contributed by atoms with Gasteiger partial charge in [-0.15, -0.1) is 0 Å². The fourth-order valence-corrected chi connectivity index (χ4v) is 2.99. The Morgan fingerprint density at radius 2 is 2.00 bits per heavy atom. The predicted molar refractivity (Wildman–Crippen MR) is 76.9 cm³/mol. The second-order valence-electron chi connectivity index (χ2n) is 5.67. The maximum atomic E-state index is 12.5. The fourth-order valence-electron chi connectivity index (χ4n) is 2.99. The Morgan fingerprint density at radius 1 is 1.35 bits per heavy atom. The number of aryl methyl sites for hydroxylation is 2. The van der Waals surface area contributed by atoms with Crippen LogP contribution >= 0.6 is 0 Å². The van der Waals surface area contributed by atoms with Gasteiger partial charge in [0.05, 0.1) is 12.1 Å². The average Bonchev–Trinajstić information content (AvgIpc) is 2.37. The number of likely N-dealkylation sites (N-methyl/N-ethyl adjacent to an activating group) is 1. The normalized spacial score (nSPS) is 22.6. The van der Waals surface area contributed by atoms with Crippen LogP contribution in [-0.4, -0.2) is 40.1 Å². The van der Waals surface area contributed by atoms with E-state index in [-0.39, 0.29) is 23.1 Å². The number of hydrogen-bond acceptors (Lipinski definition) is 3. The third-order valence-electron chi connectivity index (χ3n) is 4.09. The first-order valence-electron chi connectivity index (χ1n) is 7.07. The van der Waals surface area contributed by atoms with Crippen LogP contribution in [0.5, 0.6) is 0 Å². The number of aliphatic hydroxyl groups is 1. The number of aromatic amines is 1. The zero-order valence-electron chi connectivity index (χ0n) is 12.3. The molecule has 0 saturated heterocycles. The summed E-state index contributed by atoms with van der Waals surface area (Å²) in [5, 5.41) is 10.0. The van der Waals surface area contributed by atoms with Gasteiger partial charge in [-0.3, -0.25) is 9.59 Å². The van der Waals surface area contributed by atoms with Gasteiger partial charge in [-0.1, -0.05) is 12.8 Å². The largest absolute Gasteiger partial charge is 0.391 e. The standard InChI is InChI=1S/C15H22N2O3/c1-9-8-10(2)16-14(19)13(9)15(20)17(3)11-6-4-5-7-12(11)18/h8,11-12,18H,4-7H2,1-3H3,(H,16,19). The molecule has 2 unspecified atom stereocenters. The summed E-state index contributed by atoms with van der Waals surface area (Å²) in [6, 6.07) is 1.59. The number of aliphatic hydroxyl groups excluding tert-OH is 1. The van der Waals surface area contributed by atoms with Crippen LogP contribution in [0, 0.1) is 13.8 Å². The molecule has 20 heavy (non-hydrogen) atoms. The highest BCUT2D eigenvalue weighted by Crippen LogP contribution is 2.23. The first-order valence-corrected chi connectivity index (χ1v) is 7.07. The molecule has 1 aromatic rings. The Labute approximate surface area is 118 Å². The Bertz CT molecular complexity index is 565. The van der Waals surface area contributed by atoms with Crippen LogP contribution in [0.15, 0.2) is 10.9 Å². The van der Waals surface area contributed by atoms with E-state index >= 15 is 0 Å². The molecule has 2 atom stereocenters. The maximum Gasteiger partial charge on any atom is 0.261 e. The highest BCUT2D eigenvalue weighted by molar-refractivity contribution is 5.95. The summed E-state index contributed by atoms with van der Waals surface area (Å²) in [5.74, 6) is -0.310. The van der Waals surface area contributed by atoms with E-state index < -0.39 is 6.10 Å². The molecule has 1 aliphatic carbocycles. The number of amides is 1. The monoisotopic (exact) mass is 278 g/mol. The van der Waals surface area contributed by atoms with E-state index in [1.165, 1.54) is 4.90 Å². The van der Waals surface area contributed by atoms with E-state index in [0.717, 1.165) is 25.0 Å². The summed E-state index contributed by atoms with van der Waals surface area (Å²) in [7, 11) is 1.67. The smallest absolute Gasteiger partial charge is 0.261 e. The average molecular weight is 278 g/mol. The van der Waals surface area contributed by atoms with Gasteiger partial charge in [0.15, 0.2) is 0 Å². The molecule has 1 aliphatic rings. The molecule has 0 radical (unpaired) electrons. The number of nitrogens with zero attached hydrogens (tertiary/aromatic N) is 1. The van der Waals surface area contributed by atoms with Crippen LogP contribution in [0.4, 0.5) is 0 Å². The van der Waals surface area contributed by atoms with Crippen LogP contribution in [0.1, 0.15) is 47.3 Å². The van der Waals surface area contributed by atoms with E-state index in [0.29, 0.717) is 12.0 Å². The molecular formula is C15H22N2O3. The van der Waals surface area contributed by atoms with Crippen molar-refractivity contribution in [1.82, 2.24) is 9.88 Å². The van der Waals surface area contributed by atoms with Crippen LogP contribution in [-0.2, 0) is 0 Å². The van der Waals surface area contributed by atoms with Crippen LogP contribution in [0.25, 0.3) is 0 Å². The lowest BCUT2D eigenvalue weighted by Crippen LogP contribution is -2.47. The molecule has 5 heteroatoms. The van der Waals surface area contributed by atoms with Gasteiger partial charge in [-0.25, -0.2) is 0 Å². The van der Waals surface area contributed by atoms with Gasteiger partial charge < -0.3 is 15.0 Å². The summed E-state index contributed by atoms with van der Waals surface area (Å²) >= 11 is 0. The highest BCUT2D eigenvalue weighted by atomic mass is 16.3. The molecule has 0 spiro atoms. The molecule has 0 bridgehead atoms. The molecule has 1 amide bonds. The van der Waals surface area contributed by atoms with E-state index in [1.54, 1.807) is 27.0 Å². The zero-order valence-corrected chi connectivity index (χ0v) is 12.3. The van der Waals surface area contributed by atoms with Gasteiger partial charge in [0, 0.05) is 12.7 Å². The Kier molecular flexibility index (Phi) is 4.28. The van der Waals surface area contributed by atoms with Gasteiger partial charge in [0.25, 0.3) is 11.5 Å². The molecule has 1 heterocycles. The van der Waals surface area contributed by atoms with Crippen molar-refractivity contribution in [3.8, 4) is 0 Å². The lowest BCUT2D eigenvalue weighted by molar-refractivity contribution is 0.0266. The molecule has 110 valence electrons. The van der Waals surface area contributed by atoms with Gasteiger partial charge in [0.1, 0.15) is 5.56 Å². The second-order valence-corrected chi connectivity index (χ2v) is 5.67. The molecule has 1 aromatic heterocycles. The van der Waals surface area contributed by atoms with Crippen LogP contribution in [0.2, 0.25) is 0 Å². The molecular weight excluding hydrogens is 256 g/mol. The van der Waals surface area contributed by atoms with Crippen molar-refractivity contribution in [2.75, 3.05) is 7.05 Å². The number of rotatable bonds is 2. The van der Waals surface area contributed by atoms with Crippen molar-refractivity contribution < 1.29 is 9.90 Å². The van der Waals surface area contributed by atoms with Crippen LogP contribution in [0.3, 0.4) is 0 Å². The predicted octanol–water partition coefficient (Wildman–Crippen LogP) is 1.37. The van der Waals surface area contributed by atoms with Crippen molar-refractivity contribution in [2.24, 2.45) is 0 Å². The van der Waals surface area contributed by atoms with Crippen molar-refractivity contribution in [2.45, 2.75) is 51.7 Å². The van der Waals surface area contributed by atoms with Gasteiger partial charge in [0.2, 0.25) is 0 Å². The van der Waals surface area contributed by atoms with E-state index in [1.807, 2.05) is 0 Å². The number of carbonyl (C=O) groups is 1. The number of hydrogen-bond donors (Lipinski definition) is 2. The molecule has 1 fully saturated rings. The van der Waals surface area contributed by atoms with Gasteiger partial charge in [-0.2, -0.15) is 0 Å². The molecule has 0 aliphatic heterocycles. The topological polar surface area (TPSA) is 73.4 Å². The van der Waals surface area contributed by atoms with Crippen molar-refractivity contribution in [1.29, 1.82) is 0 Å². The minimum atomic E-state index is -0.498. The zero-order chi connectivity index (χ0) is 14.9. The Balaban J connectivity index is 2.29. The number of nitrogens with one attached hydrogen (secondary N) is 1. The number of pyridine rings is 1. The summed E-state index contributed by atoms with van der Waals surface area (Å²) in [6.45, 7) is 3.55. The summed E-state index contributed by atoms with van der Waals surface area (Å²) < 4.78 is 0. The SMILES string of the molecule is Cc1cc(C)c(C(=O)N(C)C2CCCCC2O)c(=O)[nH]1. The third kappa shape index (κ3) is 2.77. The number of aromatic nitrogens is 1. The Hall–Kier alpha value is -1.62. The molecule has 1 saturated carbocycles. The lowest BCUT2D eigenvalue weighted by Gasteiger charge is -2.35. The quantitative estimate of drug-likeness (QED) is 0.858. The van der Waals surface area contributed by atoms with E-state index in [2.05, 4.69) is 4.98 Å². The molecule has 2 rings (SSSR count). The minimum absolute atomic E-state index is 0.177.